The van der Waals surface area contributed by atoms with Crippen molar-refractivity contribution in [1.29, 1.82) is 0 Å². The third-order valence-corrected chi connectivity index (χ3v) is 3.84. The average Bonchev–Trinajstić information content (AvgIpc) is 2.26. The lowest BCUT2D eigenvalue weighted by molar-refractivity contribution is -0.142. The van der Waals surface area contributed by atoms with Crippen molar-refractivity contribution < 1.29 is 19.8 Å². The number of carbonyl (C=O) groups excluding carboxylic acids is 1. The lowest BCUT2D eigenvalue weighted by Crippen LogP contribution is -2.47. The topological polar surface area (TPSA) is 77.8 Å². The van der Waals surface area contributed by atoms with Crippen LogP contribution in [0.3, 0.4) is 0 Å². The number of hydrogen-bond acceptors (Lipinski definition) is 3. The number of nitrogens with zero attached hydrogens (tertiary/aromatic N) is 1. The number of hydrogen-bond donors (Lipinski definition) is 2. The Kier molecular flexibility index (Phi) is 5.35. The van der Waals surface area contributed by atoms with Gasteiger partial charge in [-0.15, -0.1) is 0 Å². The van der Waals surface area contributed by atoms with Crippen LogP contribution in [0.15, 0.2) is 0 Å². The van der Waals surface area contributed by atoms with Crippen molar-refractivity contribution in [3.05, 3.63) is 0 Å². The Bertz CT molecular complexity index is 340. The fourth-order valence-corrected chi connectivity index (χ4v) is 2.73. The molecule has 0 bridgehead atoms. The van der Waals surface area contributed by atoms with Crippen LogP contribution in [0.25, 0.3) is 0 Å². The molecular formula is C14H25NO4. The molecule has 1 saturated carbocycles. The normalized spacial score (nSPS) is 24.0. The summed E-state index contributed by atoms with van der Waals surface area (Å²) in [7, 11) is 1.71. The van der Waals surface area contributed by atoms with Crippen molar-refractivity contribution in [2.75, 3.05) is 7.05 Å². The van der Waals surface area contributed by atoms with Gasteiger partial charge in [0.15, 0.2) is 0 Å². The van der Waals surface area contributed by atoms with Crippen LogP contribution in [0.4, 0.5) is 0 Å². The third kappa shape index (κ3) is 4.82. The first-order valence-corrected chi connectivity index (χ1v) is 6.88. The van der Waals surface area contributed by atoms with Gasteiger partial charge in [-0.1, -0.05) is 26.7 Å². The smallest absolute Gasteiger partial charge is 0.303 e. The van der Waals surface area contributed by atoms with Gasteiger partial charge < -0.3 is 15.1 Å². The SMILES string of the molecule is CN(C(=O)CC(C)(C)CC(=O)O)C1CCCCC1O. The summed E-state index contributed by atoms with van der Waals surface area (Å²) in [5, 5.41) is 18.8. The van der Waals surface area contributed by atoms with Gasteiger partial charge in [0.25, 0.3) is 0 Å². The van der Waals surface area contributed by atoms with Crippen molar-refractivity contribution in [2.45, 2.75) is 64.5 Å². The fraction of sp³-hybridized carbons (Fsp3) is 0.857. The van der Waals surface area contributed by atoms with Crippen molar-refractivity contribution in [2.24, 2.45) is 5.41 Å². The number of aliphatic hydroxyl groups is 1. The lowest BCUT2D eigenvalue weighted by Gasteiger charge is -2.36. The van der Waals surface area contributed by atoms with Gasteiger partial charge in [0.2, 0.25) is 5.91 Å². The second-order valence-electron chi connectivity index (χ2n) is 6.34. The monoisotopic (exact) mass is 271 g/mol. The summed E-state index contributed by atoms with van der Waals surface area (Å²) < 4.78 is 0. The van der Waals surface area contributed by atoms with E-state index >= 15 is 0 Å². The van der Waals surface area contributed by atoms with Crippen LogP contribution < -0.4 is 0 Å². The first-order chi connectivity index (χ1) is 8.73. The highest BCUT2D eigenvalue weighted by atomic mass is 16.4. The summed E-state index contributed by atoms with van der Waals surface area (Å²) in [6, 6.07) is -0.123. The summed E-state index contributed by atoms with van der Waals surface area (Å²) in [6.07, 6.45) is 3.30. The maximum Gasteiger partial charge on any atom is 0.303 e. The van der Waals surface area contributed by atoms with Gasteiger partial charge in [0.05, 0.1) is 18.6 Å². The minimum Gasteiger partial charge on any atom is -0.481 e. The Balaban J connectivity index is 2.59. The summed E-state index contributed by atoms with van der Waals surface area (Å²) in [4.78, 5) is 24.6. The van der Waals surface area contributed by atoms with E-state index in [1.54, 1.807) is 25.8 Å². The first-order valence-electron chi connectivity index (χ1n) is 6.88. The van der Waals surface area contributed by atoms with Crippen molar-refractivity contribution in [1.82, 2.24) is 4.90 Å². The second-order valence-corrected chi connectivity index (χ2v) is 6.34. The second kappa shape index (κ2) is 6.37. The molecule has 19 heavy (non-hydrogen) atoms. The van der Waals surface area contributed by atoms with Crippen molar-refractivity contribution in [3.8, 4) is 0 Å². The van der Waals surface area contributed by atoms with Crippen LogP contribution in [-0.2, 0) is 9.59 Å². The molecule has 0 radical (unpaired) electrons. The van der Waals surface area contributed by atoms with E-state index < -0.39 is 17.5 Å². The standard InChI is InChI=1S/C14H25NO4/c1-14(2,9-13(18)19)8-12(17)15(3)10-6-4-5-7-11(10)16/h10-11,16H,4-9H2,1-3H3,(H,18,19). The molecule has 2 N–H and O–H groups in total. The molecule has 2 unspecified atom stereocenters. The highest BCUT2D eigenvalue weighted by Crippen LogP contribution is 2.28. The minimum atomic E-state index is -0.891. The van der Waals surface area contributed by atoms with E-state index in [0.29, 0.717) is 0 Å². The zero-order valence-electron chi connectivity index (χ0n) is 12.1. The molecule has 110 valence electrons. The molecule has 1 aliphatic carbocycles. The van der Waals surface area contributed by atoms with E-state index in [2.05, 4.69) is 0 Å². The molecule has 1 fully saturated rings. The van der Waals surface area contributed by atoms with Crippen LogP contribution in [0, 0.1) is 5.41 Å². The highest BCUT2D eigenvalue weighted by molar-refractivity contribution is 5.78. The van der Waals surface area contributed by atoms with Crippen LogP contribution >= 0.6 is 0 Å². The Labute approximate surface area is 114 Å². The van der Waals surface area contributed by atoms with Gasteiger partial charge in [-0.25, -0.2) is 0 Å². The number of aliphatic hydroxyl groups excluding tert-OH is 1. The van der Waals surface area contributed by atoms with Crippen LogP contribution in [0.5, 0.6) is 0 Å². The van der Waals surface area contributed by atoms with Gasteiger partial charge in [-0.2, -0.15) is 0 Å². The summed E-state index contributed by atoms with van der Waals surface area (Å²) >= 11 is 0. The van der Waals surface area contributed by atoms with Crippen LogP contribution in [0.2, 0.25) is 0 Å². The zero-order valence-corrected chi connectivity index (χ0v) is 12.1. The van der Waals surface area contributed by atoms with E-state index in [1.807, 2.05) is 0 Å². The number of carboxylic acids is 1. The predicted molar refractivity (Wildman–Crippen MR) is 71.7 cm³/mol. The minimum absolute atomic E-state index is 0.0280. The quantitative estimate of drug-likeness (QED) is 0.797. The maximum absolute atomic E-state index is 12.2. The molecule has 0 aromatic heterocycles. The number of carbonyl (C=O) groups is 2. The summed E-state index contributed by atoms with van der Waals surface area (Å²) in [6.45, 7) is 3.56. The highest BCUT2D eigenvalue weighted by Gasteiger charge is 2.32. The third-order valence-electron chi connectivity index (χ3n) is 3.84. The van der Waals surface area contributed by atoms with Crippen LogP contribution in [-0.4, -0.2) is 46.2 Å². The lowest BCUT2D eigenvalue weighted by atomic mass is 9.84. The average molecular weight is 271 g/mol. The Morgan fingerprint density at radius 2 is 1.79 bits per heavy atom. The van der Waals surface area contributed by atoms with E-state index in [0.717, 1.165) is 25.7 Å². The molecule has 0 saturated heterocycles. The summed E-state index contributed by atoms with van der Waals surface area (Å²) in [5.41, 5.74) is -0.559. The molecule has 5 heteroatoms. The van der Waals surface area contributed by atoms with Crippen molar-refractivity contribution in [3.63, 3.8) is 0 Å². The Morgan fingerprint density at radius 1 is 1.21 bits per heavy atom. The molecule has 0 aromatic rings. The van der Waals surface area contributed by atoms with Gasteiger partial charge >= 0.3 is 5.97 Å². The maximum atomic E-state index is 12.2. The first kappa shape index (κ1) is 16.0. The van der Waals surface area contributed by atoms with Gasteiger partial charge in [0.1, 0.15) is 0 Å². The van der Waals surface area contributed by atoms with E-state index in [-0.39, 0.29) is 24.8 Å². The molecule has 5 nitrogen and oxygen atoms in total. The molecule has 0 spiro atoms. The molecule has 1 rings (SSSR count). The number of rotatable bonds is 5. The Morgan fingerprint density at radius 3 is 2.32 bits per heavy atom. The predicted octanol–water partition coefficient (Wildman–Crippen LogP) is 1.64. The number of amides is 1. The molecular weight excluding hydrogens is 246 g/mol. The molecule has 1 aliphatic rings. The molecule has 1 amide bonds. The van der Waals surface area contributed by atoms with Gasteiger partial charge in [0, 0.05) is 13.5 Å². The number of likely N-dealkylation sites (N-methyl/N-ethyl adjacent to an activating group) is 1. The van der Waals surface area contributed by atoms with Crippen molar-refractivity contribution >= 4 is 11.9 Å². The molecule has 0 aliphatic heterocycles. The number of carboxylic acid groups (broad SMARTS) is 1. The van der Waals surface area contributed by atoms with Gasteiger partial charge in [-0.05, 0) is 18.3 Å². The van der Waals surface area contributed by atoms with E-state index in [4.69, 9.17) is 5.11 Å². The fourth-order valence-electron chi connectivity index (χ4n) is 2.73. The van der Waals surface area contributed by atoms with Crippen LogP contribution in [0.1, 0.15) is 52.4 Å². The molecule has 0 heterocycles. The van der Waals surface area contributed by atoms with Gasteiger partial charge in [-0.3, -0.25) is 9.59 Å². The van der Waals surface area contributed by atoms with E-state index in [1.165, 1.54) is 0 Å². The number of aliphatic carboxylic acids is 1. The molecule has 0 aromatic carbocycles. The zero-order chi connectivity index (χ0) is 14.6. The Hall–Kier alpha value is -1.10. The summed E-state index contributed by atoms with van der Waals surface area (Å²) in [5.74, 6) is -0.977. The largest absolute Gasteiger partial charge is 0.481 e. The molecule has 2 atom stereocenters. The van der Waals surface area contributed by atoms with E-state index in [9.17, 15) is 14.7 Å².